The van der Waals surface area contributed by atoms with Gasteiger partial charge >= 0.3 is 5.69 Å². The molecule has 0 aliphatic carbocycles. The van der Waals surface area contributed by atoms with E-state index in [-0.39, 0.29) is 11.5 Å². The van der Waals surface area contributed by atoms with Gasteiger partial charge in [-0.3, -0.25) is 10.1 Å². The van der Waals surface area contributed by atoms with Gasteiger partial charge in [-0.05, 0) is 31.4 Å². The Morgan fingerprint density at radius 1 is 1.22 bits per heavy atom. The predicted octanol–water partition coefficient (Wildman–Crippen LogP) is 3.76. The molecule has 3 heterocycles. The zero-order valence-electron chi connectivity index (χ0n) is 15.0. The van der Waals surface area contributed by atoms with E-state index in [0.717, 1.165) is 22.6 Å². The van der Waals surface area contributed by atoms with Crippen LogP contribution in [0.4, 0.5) is 22.5 Å². The number of nitrogens with one attached hydrogen (secondary N) is 1. The number of rotatable bonds is 4. The maximum absolute atomic E-state index is 11.8. The standard InChI is InChI=1S/C18H18N6O2S/c1-11-12(2)27-18(21-11)22-16-15(24(25)26)17(20-10-19-16)23-8-7-13-5-3-4-6-14(13)9-23/h3-6,10H,7-9H2,1-2H3,(H,19,20,21,22). The molecule has 1 N–H and O–H groups in total. The Balaban J connectivity index is 1.70. The molecule has 0 radical (unpaired) electrons. The van der Waals surface area contributed by atoms with Crippen molar-refractivity contribution in [2.45, 2.75) is 26.8 Å². The SMILES string of the molecule is Cc1nc(Nc2ncnc(N3CCc4ccccc4C3)c2[N+](=O)[O-])sc1C. The normalized spacial score (nSPS) is 13.3. The first kappa shape index (κ1) is 17.3. The van der Waals surface area contributed by atoms with Crippen LogP contribution in [0.15, 0.2) is 30.6 Å². The average Bonchev–Trinajstić information content (AvgIpc) is 2.98. The molecule has 1 aliphatic rings. The Morgan fingerprint density at radius 2 is 2.00 bits per heavy atom. The number of nitrogens with zero attached hydrogens (tertiary/aromatic N) is 5. The van der Waals surface area contributed by atoms with Crippen LogP contribution in [0.1, 0.15) is 21.7 Å². The highest BCUT2D eigenvalue weighted by molar-refractivity contribution is 7.15. The van der Waals surface area contributed by atoms with Gasteiger partial charge in [0.15, 0.2) is 5.13 Å². The molecule has 2 aromatic heterocycles. The lowest BCUT2D eigenvalue weighted by Gasteiger charge is -2.29. The predicted molar refractivity (Wildman–Crippen MR) is 105 cm³/mol. The Hall–Kier alpha value is -3.07. The number of aryl methyl sites for hydroxylation is 2. The van der Waals surface area contributed by atoms with Crippen molar-refractivity contribution in [3.63, 3.8) is 0 Å². The van der Waals surface area contributed by atoms with Crippen LogP contribution < -0.4 is 10.2 Å². The van der Waals surface area contributed by atoms with Gasteiger partial charge in [-0.25, -0.2) is 15.0 Å². The summed E-state index contributed by atoms with van der Waals surface area (Å²) in [7, 11) is 0. The topological polar surface area (TPSA) is 97.1 Å². The summed E-state index contributed by atoms with van der Waals surface area (Å²) < 4.78 is 0. The first-order valence-corrected chi connectivity index (χ1v) is 9.36. The van der Waals surface area contributed by atoms with Gasteiger partial charge < -0.3 is 10.2 Å². The molecule has 0 bridgehead atoms. The minimum Gasteiger partial charge on any atom is -0.346 e. The molecule has 3 aromatic rings. The Bertz CT molecular complexity index is 999. The second-order valence-electron chi connectivity index (χ2n) is 6.38. The van der Waals surface area contributed by atoms with E-state index in [9.17, 15) is 10.1 Å². The molecule has 138 valence electrons. The summed E-state index contributed by atoms with van der Waals surface area (Å²) in [5.41, 5.74) is 3.21. The zero-order valence-corrected chi connectivity index (χ0v) is 15.8. The number of hydrogen-bond donors (Lipinski definition) is 1. The molecule has 0 spiro atoms. The molecular formula is C18H18N6O2S. The highest BCUT2D eigenvalue weighted by Gasteiger charge is 2.29. The molecule has 1 aromatic carbocycles. The number of thiazole rings is 1. The third kappa shape index (κ3) is 3.33. The van der Waals surface area contributed by atoms with Crippen molar-refractivity contribution in [3.8, 4) is 0 Å². The van der Waals surface area contributed by atoms with E-state index in [1.807, 2.05) is 30.9 Å². The fourth-order valence-corrected chi connectivity index (χ4v) is 3.98. The fraction of sp³-hybridized carbons (Fsp3) is 0.278. The molecule has 0 atom stereocenters. The Morgan fingerprint density at radius 3 is 2.70 bits per heavy atom. The largest absolute Gasteiger partial charge is 0.353 e. The Labute approximate surface area is 160 Å². The molecule has 4 rings (SSSR count). The van der Waals surface area contributed by atoms with Crippen molar-refractivity contribution in [3.05, 3.63) is 62.4 Å². The lowest BCUT2D eigenvalue weighted by atomic mass is 10.00. The van der Waals surface area contributed by atoms with Gasteiger partial charge in [-0.15, -0.1) is 11.3 Å². The van der Waals surface area contributed by atoms with E-state index in [2.05, 4.69) is 32.4 Å². The van der Waals surface area contributed by atoms with Crippen LogP contribution in [0, 0.1) is 24.0 Å². The molecule has 0 unspecified atom stereocenters. The first-order chi connectivity index (χ1) is 13.0. The van der Waals surface area contributed by atoms with E-state index >= 15 is 0 Å². The number of fused-ring (bicyclic) bond motifs is 1. The van der Waals surface area contributed by atoms with Gasteiger partial charge in [0, 0.05) is 18.0 Å². The van der Waals surface area contributed by atoms with Gasteiger partial charge in [-0.2, -0.15) is 0 Å². The summed E-state index contributed by atoms with van der Waals surface area (Å²) in [6.45, 7) is 5.12. The average molecular weight is 382 g/mol. The highest BCUT2D eigenvalue weighted by Crippen LogP contribution is 2.36. The first-order valence-electron chi connectivity index (χ1n) is 8.55. The van der Waals surface area contributed by atoms with Crippen LogP contribution in [0.25, 0.3) is 0 Å². The maximum atomic E-state index is 11.8. The molecule has 1 aliphatic heterocycles. The third-order valence-corrected chi connectivity index (χ3v) is 5.66. The van der Waals surface area contributed by atoms with Gasteiger partial charge in [-0.1, -0.05) is 24.3 Å². The summed E-state index contributed by atoms with van der Waals surface area (Å²) in [4.78, 5) is 27.1. The lowest BCUT2D eigenvalue weighted by molar-refractivity contribution is -0.383. The second-order valence-corrected chi connectivity index (χ2v) is 7.58. The lowest BCUT2D eigenvalue weighted by Crippen LogP contribution is -2.31. The van der Waals surface area contributed by atoms with Crippen molar-refractivity contribution in [2.75, 3.05) is 16.8 Å². The van der Waals surface area contributed by atoms with E-state index < -0.39 is 4.92 Å². The maximum Gasteiger partial charge on any atom is 0.353 e. The van der Waals surface area contributed by atoms with Crippen LogP contribution in [0.5, 0.6) is 0 Å². The van der Waals surface area contributed by atoms with E-state index in [4.69, 9.17) is 0 Å². The molecule has 9 heteroatoms. The summed E-state index contributed by atoms with van der Waals surface area (Å²) >= 11 is 1.44. The summed E-state index contributed by atoms with van der Waals surface area (Å²) in [6.07, 6.45) is 2.18. The van der Waals surface area contributed by atoms with Crippen LogP contribution in [0.2, 0.25) is 0 Å². The summed E-state index contributed by atoms with van der Waals surface area (Å²) in [5, 5.41) is 15.4. The quantitative estimate of drug-likeness (QED) is 0.542. The van der Waals surface area contributed by atoms with Crippen LogP contribution in [0.3, 0.4) is 0 Å². The number of aromatic nitrogens is 3. The van der Waals surface area contributed by atoms with Crippen molar-refractivity contribution in [1.82, 2.24) is 15.0 Å². The molecule has 0 fully saturated rings. The van der Waals surface area contributed by atoms with Crippen LogP contribution in [-0.2, 0) is 13.0 Å². The number of nitro groups is 1. The number of hydrogen-bond acceptors (Lipinski definition) is 8. The van der Waals surface area contributed by atoms with Crippen molar-refractivity contribution in [1.29, 1.82) is 0 Å². The molecular weight excluding hydrogens is 364 g/mol. The molecule has 0 amide bonds. The zero-order chi connectivity index (χ0) is 19.0. The minimum atomic E-state index is -0.425. The van der Waals surface area contributed by atoms with E-state index in [1.54, 1.807) is 0 Å². The number of anilines is 3. The molecule has 0 saturated carbocycles. The highest BCUT2D eigenvalue weighted by atomic mass is 32.1. The molecule has 27 heavy (non-hydrogen) atoms. The van der Waals surface area contributed by atoms with Gasteiger partial charge in [0.25, 0.3) is 0 Å². The van der Waals surface area contributed by atoms with Crippen LogP contribution in [-0.4, -0.2) is 26.4 Å². The Kier molecular flexibility index (Phi) is 4.44. The van der Waals surface area contributed by atoms with Gasteiger partial charge in [0.2, 0.25) is 11.6 Å². The second kappa shape index (κ2) is 6.92. The van der Waals surface area contributed by atoms with Crippen LogP contribution >= 0.6 is 11.3 Å². The van der Waals surface area contributed by atoms with E-state index in [1.165, 1.54) is 23.2 Å². The summed E-state index contributed by atoms with van der Waals surface area (Å²) in [6, 6.07) is 8.15. The van der Waals surface area contributed by atoms with Gasteiger partial charge in [0.05, 0.1) is 10.6 Å². The molecule has 8 nitrogen and oxygen atoms in total. The fourth-order valence-electron chi connectivity index (χ4n) is 3.16. The molecule has 0 saturated heterocycles. The monoisotopic (exact) mass is 382 g/mol. The van der Waals surface area contributed by atoms with Crippen molar-refractivity contribution < 1.29 is 4.92 Å². The smallest absolute Gasteiger partial charge is 0.346 e. The van der Waals surface area contributed by atoms with Gasteiger partial charge in [0.1, 0.15) is 6.33 Å². The van der Waals surface area contributed by atoms with Crippen molar-refractivity contribution in [2.24, 2.45) is 0 Å². The minimum absolute atomic E-state index is 0.123. The summed E-state index contributed by atoms with van der Waals surface area (Å²) in [5.74, 6) is 0.495. The third-order valence-electron chi connectivity index (χ3n) is 4.67. The number of benzene rings is 1. The van der Waals surface area contributed by atoms with E-state index in [0.29, 0.717) is 24.0 Å². The van der Waals surface area contributed by atoms with Crippen molar-refractivity contribution >= 4 is 33.8 Å².